The van der Waals surface area contributed by atoms with Crippen molar-refractivity contribution in [3.63, 3.8) is 0 Å². The summed E-state index contributed by atoms with van der Waals surface area (Å²) in [5, 5.41) is 1.00. The molecule has 0 saturated heterocycles. The van der Waals surface area contributed by atoms with E-state index in [0.717, 1.165) is 16.5 Å². The molecule has 1 aliphatic heterocycles. The summed E-state index contributed by atoms with van der Waals surface area (Å²) in [6.07, 6.45) is 3.09. The Morgan fingerprint density at radius 2 is 1.95 bits per heavy atom. The molecule has 0 fully saturated rings. The predicted octanol–water partition coefficient (Wildman–Crippen LogP) is 2.05. The van der Waals surface area contributed by atoms with Crippen LogP contribution in [0.4, 0.5) is 0 Å². The molecule has 94 valence electrons. The lowest BCUT2D eigenvalue weighted by atomic mass is 10.1. The van der Waals surface area contributed by atoms with E-state index in [2.05, 4.69) is 4.98 Å². The van der Waals surface area contributed by atoms with Gasteiger partial charge in [0.2, 0.25) is 0 Å². The van der Waals surface area contributed by atoms with Gasteiger partial charge in [-0.05, 0) is 18.6 Å². The first-order valence-corrected chi connectivity index (χ1v) is 6.03. The third-order valence-electron chi connectivity index (χ3n) is 3.23. The van der Waals surface area contributed by atoms with Gasteiger partial charge < -0.3 is 0 Å². The number of carbonyl (C=O) groups excluding carboxylic acids is 2. The minimum Gasteiger partial charge on any atom is -0.271 e. The zero-order valence-electron chi connectivity index (χ0n) is 10.5. The zero-order valence-corrected chi connectivity index (χ0v) is 10.5. The normalized spacial score (nSPS) is 15.2. The lowest BCUT2D eigenvalue weighted by Crippen LogP contribution is -2.30. The molecule has 2 heterocycles. The summed E-state index contributed by atoms with van der Waals surface area (Å²) >= 11 is 0. The second-order valence-corrected chi connectivity index (χ2v) is 4.55. The number of aromatic nitrogens is 1. The Morgan fingerprint density at radius 1 is 1.16 bits per heavy atom. The number of hydrogen-bond acceptors (Lipinski definition) is 3. The van der Waals surface area contributed by atoms with Gasteiger partial charge in [-0.15, -0.1) is 0 Å². The van der Waals surface area contributed by atoms with Crippen LogP contribution in [0.25, 0.3) is 10.9 Å². The van der Waals surface area contributed by atoms with Crippen LogP contribution < -0.4 is 0 Å². The van der Waals surface area contributed by atoms with E-state index in [4.69, 9.17) is 0 Å². The molecule has 3 rings (SSSR count). The van der Waals surface area contributed by atoms with Crippen molar-refractivity contribution in [2.75, 3.05) is 0 Å². The summed E-state index contributed by atoms with van der Waals surface area (Å²) in [5.74, 6) is -0.478. The van der Waals surface area contributed by atoms with Gasteiger partial charge in [-0.2, -0.15) is 0 Å². The lowest BCUT2D eigenvalue weighted by Gasteiger charge is -2.15. The second-order valence-electron chi connectivity index (χ2n) is 4.55. The minimum atomic E-state index is -0.254. The maximum Gasteiger partial charge on any atom is 0.256 e. The fraction of sp³-hybridized carbons (Fsp3) is 0.133. The standard InChI is InChI=1S/C15H12N2O2/c1-10-8-13(18)17(15(10)19)9-12-5-2-4-11-6-3-7-16-14(11)12/h2-8H,9H2,1H3. The number of imide groups is 1. The highest BCUT2D eigenvalue weighted by molar-refractivity contribution is 6.15. The van der Waals surface area contributed by atoms with Crippen molar-refractivity contribution in [3.05, 3.63) is 53.7 Å². The number of benzene rings is 1. The summed E-state index contributed by atoms with van der Waals surface area (Å²) in [4.78, 5) is 29.2. The highest BCUT2D eigenvalue weighted by Gasteiger charge is 2.28. The molecule has 1 aliphatic rings. The van der Waals surface area contributed by atoms with E-state index in [0.29, 0.717) is 5.57 Å². The average molecular weight is 252 g/mol. The molecule has 0 spiro atoms. The van der Waals surface area contributed by atoms with Crippen molar-refractivity contribution in [1.29, 1.82) is 0 Å². The molecule has 2 amide bonds. The fourth-order valence-electron chi connectivity index (χ4n) is 2.25. The van der Waals surface area contributed by atoms with E-state index in [1.54, 1.807) is 13.1 Å². The van der Waals surface area contributed by atoms with E-state index in [1.807, 2.05) is 30.3 Å². The molecule has 0 unspecified atom stereocenters. The number of carbonyl (C=O) groups is 2. The number of amides is 2. The summed E-state index contributed by atoms with van der Waals surface area (Å²) in [6.45, 7) is 1.92. The van der Waals surface area contributed by atoms with Crippen molar-refractivity contribution in [2.45, 2.75) is 13.5 Å². The van der Waals surface area contributed by atoms with Gasteiger partial charge >= 0.3 is 0 Å². The molecule has 4 heteroatoms. The highest BCUT2D eigenvalue weighted by Crippen LogP contribution is 2.21. The van der Waals surface area contributed by atoms with Crippen molar-refractivity contribution in [2.24, 2.45) is 0 Å². The van der Waals surface area contributed by atoms with E-state index in [-0.39, 0.29) is 18.4 Å². The van der Waals surface area contributed by atoms with Crippen LogP contribution in [0, 0.1) is 0 Å². The third kappa shape index (κ3) is 1.91. The van der Waals surface area contributed by atoms with E-state index < -0.39 is 0 Å². The van der Waals surface area contributed by atoms with Crippen LogP contribution in [-0.4, -0.2) is 21.7 Å². The topological polar surface area (TPSA) is 50.3 Å². The summed E-state index contributed by atoms with van der Waals surface area (Å²) in [7, 11) is 0. The Labute approximate surface area is 110 Å². The monoisotopic (exact) mass is 252 g/mol. The summed E-state index contributed by atoms with van der Waals surface area (Å²) in [5.41, 5.74) is 2.19. The maximum atomic E-state index is 11.9. The van der Waals surface area contributed by atoms with Crippen LogP contribution in [0.5, 0.6) is 0 Å². The number of fused-ring (bicyclic) bond motifs is 1. The van der Waals surface area contributed by atoms with Gasteiger partial charge in [0, 0.05) is 23.2 Å². The minimum absolute atomic E-state index is 0.224. The molecule has 0 atom stereocenters. The number of pyridine rings is 1. The van der Waals surface area contributed by atoms with Crippen LogP contribution in [0.3, 0.4) is 0 Å². The first kappa shape index (κ1) is 11.6. The largest absolute Gasteiger partial charge is 0.271 e. The highest BCUT2D eigenvalue weighted by atomic mass is 16.2. The fourth-order valence-corrected chi connectivity index (χ4v) is 2.25. The van der Waals surface area contributed by atoms with Crippen LogP contribution in [-0.2, 0) is 16.1 Å². The van der Waals surface area contributed by atoms with E-state index in [1.165, 1.54) is 11.0 Å². The second kappa shape index (κ2) is 4.31. The Hall–Kier alpha value is -2.49. The van der Waals surface area contributed by atoms with Crippen LogP contribution in [0.2, 0.25) is 0 Å². The quantitative estimate of drug-likeness (QED) is 0.769. The Morgan fingerprint density at radius 3 is 2.68 bits per heavy atom. The average Bonchev–Trinajstić information content (AvgIpc) is 2.66. The van der Waals surface area contributed by atoms with Crippen molar-refractivity contribution >= 4 is 22.7 Å². The molecule has 19 heavy (non-hydrogen) atoms. The zero-order chi connectivity index (χ0) is 13.4. The molecular formula is C15H12N2O2. The molecule has 1 aromatic carbocycles. The molecule has 1 aromatic heterocycles. The van der Waals surface area contributed by atoms with Gasteiger partial charge in [-0.3, -0.25) is 19.5 Å². The molecule has 0 aliphatic carbocycles. The van der Waals surface area contributed by atoms with Gasteiger partial charge in [-0.25, -0.2) is 0 Å². The number of nitrogens with zero attached hydrogens (tertiary/aromatic N) is 2. The van der Waals surface area contributed by atoms with E-state index >= 15 is 0 Å². The van der Waals surface area contributed by atoms with Crippen LogP contribution >= 0.6 is 0 Å². The van der Waals surface area contributed by atoms with Crippen molar-refractivity contribution < 1.29 is 9.59 Å². The van der Waals surface area contributed by atoms with E-state index in [9.17, 15) is 9.59 Å². The lowest BCUT2D eigenvalue weighted by molar-refractivity contribution is -0.137. The summed E-state index contributed by atoms with van der Waals surface area (Å²) in [6, 6.07) is 9.59. The van der Waals surface area contributed by atoms with Gasteiger partial charge in [0.05, 0.1) is 12.1 Å². The molecular weight excluding hydrogens is 240 g/mol. The number of para-hydroxylation sites is 1. The van der Waals surface area contributed by atoms with Crippen molar-refractivity contribution in [1.82, 2.24) is 9.88 Å². The Balaban J connectivity index is 1.99. The summed E-state index contributed by atoms with van der Waals surface area (Å²) < 4.78 is 0. The smallest absolute Gasteiger partial charge is 0.256 e. The molecule has 0 N–H and O–H groups in total. The first-order chi connectivity index (χ1) is 9.16. The van der Waals surface area contributed by atoms with Gasteiger partial charge in [0.25, 0.3) is 11.8 Å². The molecule has 2 aromatic rings. The van der Waals surface area contributed by atoms with Gasteiger partial charge in [0.15, 0.2) is 0 Å². The Kier molecular flexibility index (Phi) is 2.63. The maximum absolute atomic E-state index is 11.9. The van der Waals surface area contributed by atoms with Crippen LogP contribution in [0.1, 0.15) is 12.5 Å². The molecule has 0 saturated carbocycles. The van der Waals surface area contributed by atoms with Gasteiger partial charge in [0.1, 0.15) is 0 Å². The third-order valence-corrected chi connectivity index (χ3v) is 3.23. The Bertz CT molecular complexity index is 714. The first-order valence-electron chi connectivity index (χ1n) is 6.03. The number of rotatable bonds is 2. The van der Waals surface area contributed by atoms with Crippen LogP contribution in [0.15, 0.2) is 48.2 Å². The molecule has 0 radical (unpaired) electrons. The van der Waals surface area contributed by atoms with Gasteiger partial charge in [-0.1, -0.05) is 24.3 Å². The predicted molar refractivity (Wildman–Crippen MR) is 71.1 cm³/mol. The molecule has 4 nitrogen and oxygen atoms in total. The van der Waals surface area contributed by atoms with Crippen molar-refractivity contribution in [3.8, 4) is 0 Å². The molecule has 0 bridgehead atoms. The SMILES string of the molecule is CC1=CC(=O)N(Cc2cccc3cccnc23)C1=O. The number of hydrogen-bond donors (Lipinski definition) is 0.